The number of carbonyl (C=O) groups is 1. The number of hydrogen-bond donors (Lipinski definition) is 2. The van der Waals surface area contributed by atoms with Crippen LogP contribution in [0, 0.1) is 5.92 Å². The number of aliphatic imine (C=N–C) groups is 1. The first-order chi connectivity index (χ1) is 14.8. The van der Waals surface area contributed by atoms with Crippen molar-refractivity contribution in [2.24, 2.45) is 10.9 Å². The van der Waals surface area contributed by atoms with E-state index in [4.69, 9.17) is 8.83 Å². The minimum absolute atomic E-state index is 0.240. The molecule has 0 bridgehead atoms. The number of furan rings is 2. The molecule has 0 aliphatic carbocycles. The molecule has 6 nitrogen and oxygen atoms in total. The molecule has 4 rings (SSSR count). The van der Waals surface area contributed by atoms with E-state index in [1.165, 1.54) is 12.3 Å². The Balaban J connectivity index is 0.000000628. The summed E-state index contributed by atoms with van der Waals surface area (Å²) < 4.78 is 11.2. The van der Waals surface area contributed by atoms with Crippen LogP contribution in [0.1, 0.15) is 39.0 Å². The van der Waals surface area contributed by atoms with Crippen molar-refractivity contribution in [3.8, 4) is 11.1 Å². The van der Waals surface area contributed by atoms with E-state index in [0.717, 1.165) is 33.6 Å². The molecule has 0 spiro atoms. The second-order valence-corrected chi connectivity index (χ2v) is 8.08. The molecule has 3 aromatic rings. The van der Waals surface area contributed by atoms with Crippen LogP contribution in [0.4, 0.5) is 0 Å². The number of aliphatic hydroxyl groups is 1. The third kappa shape index (κ3) is 5.15. The number of allylic oxidation sites excluding steroid dienone is 2. The number of rotatable bonds is 2. The quantitative estimate of drug-likeness (QED) is 0.507. The topological polar surface area (TPSA) is 96.2 Å². The largest absolute Gasteiger partial charge is 0.507 e. The predicted molar refractivity (Wildman–Crippen MR) is 122 cm³/mol. The first-order valence-corrected chi connectivity index (χ1v) is 10.2. The molecule has 1 aromatic carbocycles. The molecule has 0 radical (unpaired) electrons. The zero-order valence-electron chi connectivity index (χ0n) is 18.2. The van der Waals surface area contributed by atoms with Crippen molar-refractivity contribution in [2.45, 2.75) is 34.1 Å². The van der Waals surface area contributed by atoms with Crippen LogP contribution in [-0.4, -0.2) is 28.9 Å². The average molecular weight is 421 g/mol. The molecular weight excluding hydrogens is 394 g/mol. The molecule has 3 heterocycles. The van der Waals surface area contributed by atoms with Crippen molar-refractivity contribution >= 4 is 28.7 Å². The summed E-state index contributed by atoms with van der Waals surface area (Å²) in [5.41, 5.74) is 4.05. The normalized spacial score (nSPS) is 18.2. The lowest BCUT2D eigenvalue weighted by Gasteiger charge is -2.06. The summed E-state index contributed by atoms with van der Waals surface area (Å²) in [6, 6.07) is 7.83. The van der Waals surface area contributed by atoms with Crippen LogP contribution in [0.2, 0.25) is 0 Å². The van der Waals surface area contributed by atoms with Gasteiger partial charge in [0, 0.05) is 29.3 Å². The van der Waals surface area contributed by atoms with E-state index in [2.05, 4.69) is 25.8 Å². The molecular formula is C25H27NO5. The van der Waals surface area contributed by atoms with Gasteiger partial charge in [-0.2, -0.15) is 0 Å². The maximum Gasteiger partial charge on any atom is 0.341 e. The average Bonchev–Trinajstić information content (AvgIpc) is 3.34. The Labute approximate surface area is 181 Å². The van der Waals surface area contributed by atoms with E-state index in [1.54, 1.807) is 19.5 Å². The Kier molecular flexibility index (Phi) is 6.80. The third-order valence-corrected chi connectivity index (χ3v) is 4.58. The van der Waals surface area contributed by atoms with E-state index in [-0.39, 0.29) is 11.3 Å². The van der Waals surface area contributed by atoms with Gasteiger partial charge in [-0.15, -0.1) is 0 Å². The van der Waals surface area contributed by atoms with Crippen LogP contribution < -0.4 is 0 Å². The summed E-state index contributed by atoms with van der Waals surface area (Å²) in [6.45, 7) is 8.68. The number of fused-ring (bicyclic) bond motifs is 3. The Morgan fingerprint density at radius 3 is 2.55 bits per heavy atom. The summed E-state index contributed by atoms with van der Waals surface area (Å²) in [4.78, 5) is 15.4. The summed E-state index contributed by atoms with van der Waals surface area (Å²) in [5, 5.41) is 20.4. The standard InChI is InChI=1S/C21H17NO5.C4H10/c1-12-8-18(23)17(21(24)25)10-22-6-4-16-15-3-2-13(14-5-7-26-11-14)9-19(15)27-20(12)16;1-4(2)3/h2-3,5,7-11,23H,4,6H2,1H3,(H,24,25);4H,1-3H3/b12-8+,18-17-,22-10?;. The molecule has 1 aliphatic heterocycles. The van der Waals surface area contributed by atoms with Gasteiger partial charge in [-0.1, -0.05) is 32.9 Å². The molecule has 0 amide bonds. The summed E-state index contributed by atoms with van der Waals surface area (Å²) in [7, 11) is 0. The smallest absolute Gasteiger partial charge is 0.341 e. The Morgan fingerprint density at radius 1 is 1.16 bits per heavy atom. The van der Waals surface area contributed by atoms with E-state index in [1.807, 2.05) is 24.3 Å². The third-order valence-electron chi connectivity index (χ3n) is 4.58. The number of benzene rings is 1. The van der Waals surface area contributed by atoms with Gasteiger partial charge in [0.15, 0.2) is 0 Å². The predicted octanol–water partition coefficient (Wildman–Crippen LogP) is 6.28. The Bertz CT molecular complexity index is 1160. The second-order valence-electron chi connectivity index (χ2n) is 8.08. The van der Waals surface area contributed by atoms with Crippen molar-refractivity contribution in [2.75, 3.05) is 6.54 Å². The van der Waals surface area contributed by atoms with Gasteiger partial charge >= 0.3 is 5.97 Å². The van der Waals surface area contributed by atoms with Crippen LogP contribution in [0.15, 0.2) is 68.0 Å². The highest BCUT2D eigenvalue weighted by Crippen LogP contribution is 2.34. The van der Waals surface area contributed by atoms with Gasteiger partial charge in [0.2, 0.25) is 0 Å². The molecule has 1 aliphatic rings. The second kappa shape index (κ2) is 9.51. The molecule has 0 unspecified atom stereocenters. The van der Waals surface area contributed by atoms with Gasteiger partial charge in [0.1, 0.15) is 22.7 Å². The van der Waals surface area contributed by atoms with Crippen LogP contribution in [-0.2, 0) is 11.2 Å². The fourth-order valence-corrected chi connectivity index (χ4v) is 3.24. The fourth-order valence-electron chi connectivity index (χ4n) is 3.24. The maximum atomic E-state index is 11.3. The van der Waals surface area contributed by atoms with E-state index >= 15 is 0 Å². The lowest BCUT2D eigenvalue weighted by atomic mass is 10.0. The summed E-state index contributed by atoms with van der Waals surface area (Å²) in [6.07, 6.45) is 6.49. The fraction of sp³-hybridized carbons (Fsp3) is 0.280. The van der Waals surface area contributed by atoms with Crippen molar-refractivity contribution < 1.29 is 23.8 Å². The molecule has 2 aromatic heterocycles. The van der Waals surface area contributed by atoms with Crippen LogP contribution >= 0.6 is 0 Å². The lowest BCUT2D eigenvalue weighted by Crippen LogP contribution is -2.07. The summed E-state index contributed by atoms with van der Waals surface area (Å²) in [5.74, 6) is -0.116. The number of aliphatic carboxylic acids is 1. The maximum absolute atomic E-state index is 11.3. The molecule has 6 heteroatoms. The van der Waals surface area contributed by atoms with Crippen molar-refractivity contribution in [3.05, 3.63) is 65.5 Å². The molecule has 162 valence electrons. The van der Waals surface area contributed by atoms with Gasteiger partial charge < -0.3 is 19.0 Å². The van der Waals surface area contributed by atoms with Gasteiger partial charge in [-0.25, -0.2) is 4.79 Å². The number of hydrogen-bond acceptors (Lipinski definition) is 5. The Morgan fingerprint density at radius 2 is 1.90 bits per heavy atom. The SMILES string of the molecule is C/C1=C\C(O)=C(\C(=O)O)C=NCCc2c1oc1cc(-c3ccoc3)ccc21.CC(C)C. The number of carboxylic acid groups (broad SMARTS) is 1. The van der Waals surface area contributed by atoms with Crippen molar-refractivity contribution in [1.82, 2.24) is 0 Å². The van der Waals surface area contributed by atoms with Crippen molar-refractivity contribution in [3.63, 3.8) is 0 Å². The monoisotopic (exact) mass is 421 g/mol. The van der Waals surface area contributed by atoms with Crippen LogP contribution in [0.3, 0.4) is 0 Å². The van der Waals surface area contributed by atoms with Crippen LogP contribution in [0.5, 0.6) is 0 Å². The molecule has 31 heavy (non-hydrogen) atoms. The molecule has 0 atom stereocenters. The number of aliphatic hydroxyl groups excluding tert-OH is 1. The van der Waals surface area contributed by atoms with E-state index in [0.29, 0.717) is 24.3 Å². The van der Waals surface area contributed by atoms with Gasteiger partial charge in [0.25, 0.3) is 0 Å². The van der Waals surface area contributed by atoms with Gasteiger partial charge in [-0.05, 0) is 48.6 Å². The molecule has 0 saturated carbocycles. The van der Waals surface area contributed by atoms with Gasteiger partial charge in [0.05, 0.1) is 12.5 Å². The van der Waals surface area contributed by atoms with Crippen molar-refractivity contribution in [1.29, 1.82) is 0 Å². The van der Waals surface area contributed by atoms with Crippen LogP contribution in [0.25, 0.3) is 27.7 Å². The minimum Gasteiger partial charge on any atom is -0.507 e. The highest BCUT2D eigenvalue weighted by atomic mass is 16.4. The zero-order chi connectivity index (χ0) is 22.5. The van der Waals surface area contributed by atoms with E-state index in [9.17, 15) is 15.0 Å². The highest BCUT2D eigenvalue weighted by molar-refractivity contribution is 6.09. The number of nitrogens with zero attached hydrogens (tertiary/aromatic N) is 1. The first-order valence-electron chi connectivity index (χ1n) is 10.2. The first kappa shape index (κ1) is 22.2. The molecule has 2 N–H and O–H groups in total. The summed E-state index contributed by atoms with van der Waals surface area (Å²) >= 11 is 0. The highest BCUT2D eigenvalue weighted by Gasteiger charge is 2.19. The zero-order valence-corrected chi connectivity index (χ0v) is 18.2. The Hall–Kier alpha value is -3.54. The molecule has 0 fully saturated rings. The van der Waals surface area contributed by atoms with Gasteiger partial charge in [-0.3, -0.25) is 4.99 Å². The van der Waals surface area contributed by atoms with E-state index < -0.39 is 5.97 Å². The minimum atomic E-state index is -1.23. The number of carboxylic acids is 1. The lowest BCUT2D eigenvalue weighted by molar-refractivity contribution is -0.132. The molecule has 0 saturated heterocycles.